The van der Waals surface area contributed by atoms with E-state index in [1.807, 2.05) is 60.7 Å². The Kier molecular flexibility index (Phi) is 5.51. The number of aromatic nitrogens is 1. The van der Waals surface area contributed by atoms with Crippen molar-refractivity contribution in [2.45, 2.75) is 38.5 Å². The van der Waals surface area contributed by atoms with E-state index in [-0.39, 0.29) is 18.2 Å². The fourth-order valence-electron chi connectivity index (χ4n) is 2.83. The molecule has 146 valence electrons. The van der Waals surface area contributed by atoms with Gasteiger partial charge < -0.3 is 19.6 Å². The van der Waals surface area contributed by atoms with Crippen LogP contribution in [0.3, 0.4) is 0 Å². The fraction of sp³-hybridized carbons (Fsp3) is 0.273. The maximum atomic E-state index is 11.8. The van der Waals surface area contributed by atoms with Crippen LogP contribution in [0.5, 0.6) is 0 Å². The van der Waals surface area contributed by atoms with E-state index in [4.69, 9.17) is 9.15 Å². The quantitative estimate of drug-likeness (QED) is 0.699. The zero-order valence-corrected chi connectivity index (χ0v) is 16.2. The summed E-state index contributed by atoms with van der Waals surface area (Å²) < 4.78 is 11.0. The lowest BCUT2D eigenvalue weighted by Gasteiger charge is -2.26. The maximum Gasteiger partial charge on any atom is 0.408 e. The zero-order valence-electron chi connectivity index (χ0n) is 16.2. The van der Waals surface area contributed by atoms with Gasteiger partial charge in [0.05, 0.1) is 12.7 Å². The van der Waals surface area contributed by atoms with E-state index in [1.54, 1.807) is 20.8 Å². The Morgan fingerprint density at radius 3 is 2.07 bits per heavy atom. The largest absolute Gasteiger partial charge is 0.444 e. The van der Waals surface area contributed by atoms with Crippen molar-refractivity contribution >= 4 is 6.09 Å². The van der Waals surface area contributed by atoms with Crippen molar-refractivity contribution in [1.82, 2.24) is 10.3 Å². The minimum Gasteiger partial charge on any atom is -0.444 e. The standard InChI is InChI=1S/C22H24N2O4/c1-21(2,3)28-20(25)24-15-19-23-14-18(27-19)22(26,16-10-6-4-7-11-16)17-12-8-5-9-13-17/h4-14,26H,15H2,1-3H3,(H,24,25). The first-order valence-electron chi connectivity index (χ1n) is 9.04. The number of hydrogen-bond acceptors (Lipinski definition) is 5. The van der Waals surface area contributed by atoms with Crippen LogP contribution in [-0.4, -0.2) is 21.8 Å². The van der Waals surface area contributed by atoms with Crippen molar-refractivity contribution in [2.75, 3.05) is 0 Å². The molecule has 6 heteroatoms. The molecule has 0 unspecified atom stereocenters. The average Bonchev–Trinajstić information content (AvgIpc) is 3.15. The molecule has 2 N–H and O–H groups in total. The number of alkyl carbamates (subject to hydrolysis) is 1. The van der Waals surface area contributed by atoms with Crippen LogP contribution in [0, 0.1) is 0 Å². The van der Waals surface area contributed by atoms with Crippen LogP contribution in [0.4, 0.5) is 4.79 Å². The Morgan fingerprint density at radius 2 is 1.57 bits per heavy atom. The molecule has 0 bridgehead atoms. The average molecular weight is 380 g/mol. The van der Waals surface area contributed by atoms with E-state index >= 15 is 0 Å². The van der Waals surface area contributed by atoms with Gasteiger partial charge in [0.2, 0.25) is 5.89 Å². The van der Waals surface area contributed by atoms with Gasteiger partial charge in [-0.15, -0.1) is 0 Å². The van der Waals surface area contributed by atoms with Gasteiger partial charge >= 0.3 is 6.09 Å². The fourth-order valence-corrected chi connectivity index (χ4v) is 2.83. The van der Waals surface area contributed by atoms with Crippen LogP contribution in [0.15, 0.2) is 71.3 Å². The monoisotopic (exact) mass is 380 g/mol. The Hall–Kier alpha value is -3.12. The summed E-state index contributed by atoms with van der Waals surface area (Å²) in [6, 6.07) is 18.5. The summed E-state index contributed by atoms with van der Waals surface area (Å²) in [5.41, 5.74) is -0.778. The highest BCUT2D eigenvalue weighted by Gasteiger charge is 2.37. The molecule has 0 fully saturated rings. The first-order chi connectivity index (χ1) is 13.3. The number of rotatable bonds is 5. The van der Waals surface area contributed by atoms with Gasteiger partial charge in [-0.2, -0.15) is 0 Å². The molecule has 0 aliphatic heterocycles. The first-order valence-corrected chi connectivity index (χ1v) is 9.04. The lowest BCUT2D eigenvalue weighted by Crippen LogP contribution is -2.32. The predicted octanol–water partition coefficient (Wildman–Crippen LogP) is 3.98. The van der Waals surface area contributed by atoms with Crippen molar-refractivity contribution in [3.05, 3.63) is 89.6 Å². The van der Waals surface area contributed by atoms with Crippen molar-refractivity contribution in [1.29, 1.82) is 0 Å². The highest BCUT2D eigenvalue weighted by atomic mass is 16.6. The summed E-state index contributed by atoms with van der Waals surface area (Å²) in [6.45, 7) is 5.41. The van der Waals surface area contributed by atoms with Gasteiger partial charge in [-0.3, -0.25) is 0 Å². The second-order valence-corrected chi connectivity index (χ2v) is 7.42. The maximum absolute atomic E-state index is 11.8. The molecule has 1 amide bonds. The smallest absolute Gasteiger partial charge is 0.408 e. The van der Waals surface area contributed by atoms with Gasteiger partial charge in [-0.1, -0.05) is 60.7 Å². The zero-order chi connectivity index (χ0) is 20.2. The predicted molar refractivity (Wildman–Crippen MR) is 105 cm³/mol. The Balaban J connectivity index is 1.86. The van der Waals surface area contributed by atoms with Crippen molar-refractivity contribution in [2.24, 2.45) is 0 Å². The highest BCUT2D eigenvalue weighted by Crippen LogP contribution is 2.36. The van der Waals surface area contributed by atoms with Crippen LogP contribution in [0.25, 0.3) is 0 Å². The molecule has 0 saturated carbocycles. The van der Waals surface area contributed by atoms with E-state index in [0.29, 0.717) is 11.1 Å². The molecule has 1 aromatic heterocycles. The van der Waals surface area contributed by atoms with Gasteiger partial charge in [-0.25, -0.2) is 9.78 Å². The molecule has 28 heavy (non-hydrogen) atoms. The molecule has 3 aromatic rings. The minimum atomic E-state index is -1.50. The van der Waals surface area contributed by atoms with Gasteiger partial charge in [0.15, 0.2) is 11.4 Å². The van der Waals surface area contributed by atoms with Crippen LogP contribution in [-0.2, 0) is 16.9 Å². The molecule has 0 saturated heterocycles. The van der Waals surface area contributed by atoms with E-state index in [2.05, 4.69) is 10.3 Å². The van der Waals surface area contributed by atoms with Crippen LogP contribution >= 0.6 is 0 Å². The molecule has 0 aliphatic carbocycles. The Bertz CT molecular complexity index is 875. The molecule has 0 radical (unpaired) electrons. The van der Waals surface area contributed by atoms with Crippen molar-refractivity contribution < 1.29 is 19.1 Å². The number of carbonyl (C=O) groups is 1. The molecular formula is C22H24N2O4. The first kappa shape index (κ1) is 19.6. The number of hydrogen-bond donors (Lipinski definition) is 2. The second-order valence-electron chi connectivity index (χ2n) is 7.42. The number of ether oxygens (including phenoxy) is 1. The van der Waals surface area contributed by atoms with Crippen LogP contribution < -0.4 is 5.32 Å². The highest BCUT2D eigenvalue weighted by molar-refractivity contribution is 5.67. The number of oxazole rings is 1. The van der Waals surface area contributed by atoms with Crippen molar-refractivity contribution in [3.8, 4) is 0 Å². The third kappa shape index (κ3) is 4.40. The number of carbonyl (C=O) groups excluding carboxylic acids is 1. The van der Waals surface area contributed by atoms with E-state index < -0.39 is 17.3 Å². The summed E-state index contributed by atoms with van der Waals surface area (Å²) in [5.74, 6) is 0.539. The van der Waals surface area contributed by atoms with Crippen LogP contribution in [0.2, 0.25) is 0 Å². The summed E-state index contributed by atoms with van der Waals surface area (Å²) in [6.07, 6.45) is 0.917. The second kappa shape index (κ2) is 7.86. The summed E-state index contributed by atoms with van der Waals surface area (Å²) in [4.78, 5) is 16.0. The summed E-state index contributed by atoms with van der Waals surface area (Å²) >= 11 is 0. The summed E-state index contributed by atoms with van der Waals surface area (Å²) in [5, 5.41) is 14.2. The van der Waals surface area contributed by atoms with Gasteiger partial charge in [0.25, 0.3) is 0 Å². The van der Waals surface area contributed by atoms with Gasteiger partial charge in [-0.05, 0) is 31.9 Å². The normalized spacial score (nSPS) is 11.9. The SMILES string of the molecule is CC(C)(C)OC(=O)NCc1ncc(C(O)(c2ccccc2)c2ccccc2)o1. The lowest BCUT2D eigenvalue weighted by atomic mass is 9.84. The number of aliphatic hydroxyl groups is 1. The summed E-state index contributed by atoms with van der Waals surface area (Å²) in [7, 11) is 0. The molecule has 0 spiro atoms. The molecular weight excluding hydrogens is 356 g/mol. The third-order valence-electron chi connectivity index (χ3n) is 4.08. The van der Waals surface area contributed by atoms with Crippen molar-refractivity contribution in [3.63, 3.8) is 0 Å². The van der Waals surface area contributed by atoms with E-state index in [0.717, 1.165) is 0 Å². The lowest BCUT2D eigenvalue weighted by molar-refractivity contribution is 0.0517. The molecule has 0 aliphatic rings. The number of benzene rings is 2. The molecule has 6 nitrogen and oxygen atoms in total. The topological polar surface area (TPSA) is 84.6 Å². The minimum absolute atomic E-state index is 0.0502. The molecule has 1 heterocycles. The number of nitrogens with zero attached hydrogens (tertiary/aromatic N) is 1. The number of amides is 1. The van der Waals surface area contributed by atoms with Gasteiger partial charge in [0, 0.05) is 0 Å². The third-order valence-corrected chi connectivity index (χ3v) is 4.08. The number of nitrogens with one attached hydrogen (secondary N) is 1. The molecule has 2 aromatic carbocycles. The molecule has 3 rings (SSSR count). The van der Waals surface area contributed by atoms with Crippen LogP contribution in [0.1, 0.15) is 43.5 Å². The van der Waals surface area contributed by atoms with E-state index in [1.165, 1.54) is 6.20 Å². The van der Waals surface area contributed by atoms with Gasteiger partial charge in [0.1, 0.15) is 5.60 Å². The Morgan fingerprint density at radius 1 is 1.04 bits per heavy atom. The van der Waals surface area contributed by atoms with E-state index in [9.17, 15) is 9.90 Å². The molecule has 0 atom stereocenters. The Labute approximate surface area is 164 Å².